The summed E-state index contributed by atoms with van der Waals surface area (Å²) in [5.74, 6) is 1.59. The van der Waals surface area contributed by atoms with E-state index in [2.05, 4.69) is 0 Å². The normalized spacial score (nSPS) is 21.5. The summed E-state index contributed by atoms with van der Waals surface area (Å²) in [5.41, 5.74) is 1.10. The molecule has 0 aromatic heterocycles. The van der Waals surface area contributed by atoms with Crippen LogP contribution in [0.3, 0.4) is 0 Å². The van der Waals surface area contributed by atoms with Crippen LogP contribution < -0.4 is 9.47 Å². The Bertz CT molecular complexity index is 492. The molecule has 0 unspecified atom stereocenters. The number of fused-ring (bicyclic) bond motifs is 1. The van der Waals surface area contributed by atoms with Crippen LogP contribution in [0.25, 0.3) is 0 Å². The number of ether oxygens (including phenoxy) is 2. The van der Waals surface area contributed by atoms with Gasteiger partial charge in [-0.25, -0.2) is 0 Å². The van der Waals surface area contributed by atoms with Crippen molar-refractivity contribution in [2.24, 2.45) is 0 Å². The van der Waals surface area contributed by atoms with Crippen LogP contribution >= 0.6 is 11.6 Å². The Morgan fingerprint density at radius 1 is 1.32 bits per heavy atom. The van der Waals surface area contributed by atoms with E-state index in [1.54, 1.807) is 0 Å². The van der Waals surface area contributed by atoms with Crippen LogP contribution in [0, 0.1) is 0 Å². The van der Waals surface area contributed by atoms with Crippen molar-refractivity contribution in [3.05, 3.63) is 23.8 Å². The number of hydrogen-bond donors (Lipinski definition) is 0. The number of likely N-dealkylation sites (tertiary alicyclic amines) is 1. The monoisotopic (exact) mass is 281 g/mol. The summed E-state index contributed by atoms with van der Waals surface area (Å²) in [6, 6.07) is 6.03. The molecule has 2 aliphatic rings. The second-order valence-electron chi connectivity index (χ2n) is 4.78. The molecule has 0 bridgehead atoms. The molecule has 1 amide bonds. The topological polar surface area (TPSA) is 38.8 Å². The van der Waals surface area contributed by atoms with Gasteiger partial charge in [0.05, 0.1) is 6.04 Å². The minimum Gasteiger partial charge on any atom is -0.486 e. The maximum atomic E-state index is 11.8. The van der Waals surface area contributed by atoms with Crippen LogP contribution in [-0.2, 0) is 4.79 Å². The molecule has 3 rings (SSSR count). The molecule has 5 heteroatoms. The highest BCUT2D eigenvalue weighted by Crippen LogP contribution is 2.38. The molecule has 1 atom stereocenters. The van der Waals surface area contributed by atoms with Gasteiger partial charge in [0.15, 0.2) is 11.5 Å². The number of benzene rings is 1. The zero-order valence-corrected chi connectivity index (χ0v) is 11.4. The number of rotatable bonds is 2. The quantitative estimate of drug-likeness (QED) is 0.781. The maximum absolute atomic E-state index is 11.8. The SMILES string of the molecule is O=C(CCl)N1CCC[C@H]1c1ccc2c(c1)OCCO2. The average molecular weight is 282 g/mol. The molecule has 2 heterocycles. The molecule has 0 N–H and O–H groups in total. The molecule has 0 radical (unpaired) electrons. The van der Waals surface area contributed by atoms with Crippen LogP contribution in [0.15, 0.2) is 18.2 Å². The summed E-state index contributed by atoms with van der Waals surface area (Å²) in [4.78, 5) is 13.7. The molecule has 0 saturated carbocycles. The van der Waals surface area contributed by atoms with Gasteiger partial charge in [0.25, 0.3) is 0 Å². The molecule has 2 aliphatic heterocycles. The molecule has 0 aliphatic carbocycles. The van der Waals surface area contributed by atoms with E-state index < -0.39 is 0 Å². The molecule has 0 spiro atoms. The maximum Gasteiger partial charge on any atom is 0.238 e. The predicted molar refractivity (Wildman–Crippen MR) is 71.8 cm³/mol. The standard InChI is InChI=1S/C14H16ClNO3/c15-9-14(17)16-5-1-2-11(16)10-3-4-12-13(8-10)19-7-6-18-12/h3-4,8,11H,1-2,5-7,9H2/t11-/m0/s1. The van der Waals surface area contributed by atoms with Crippen molar-refractivity contribution in [2.45, 2.75) is 18.9 Å². The Morgan fingerprint density at radius 2 is 2.11 bits per heavy atom. The lowest BCUT2D eigenvalue weighted by molar-refractivity contribution is -0.129. The Morgan fingerprint density at radius 3 is 2.89 bits per heavy atom. The summed E-state index contributed by atoms with van der Waals surface area (Å²) in [7, 11) is 0. The lowest BCUT2D eigenvalue weighted by atomic mass is 10.0. The number of halogens is 1. The van der Waals surface area contributed by atoms with Crippen LogP contribution in [0.5, 0.6) is 11.5 Å². The first-order valence-electron chi connectivity index (χ1n) is 6.54. The van der Waals surface area contributed by atoms with Gasteiger partial charge in [-0.3, -0.25) is 4.79 Å². The van der Waals surface area contributed by atoms with Gasteiger partial charge >= 0.3 is 0 Å². The first-order valence-corrected chi connectivity index (χ1v) is 7.08. The van der Waals surface area contributed by atoms with E-state index in [9.17, 15) is 4.79 Å². The summed E-state index contributed by atoms with van der Waals surface area (Å²) in [5, 5.41) is 0. The van der Waals surface area contributed by atoms with E-state index in [-0.39, 0.29) is 17.8 Å². The highest BCUT2D eigenvalue weighted by Gasteiger charge is 2.30. The van der Waals surface area contributed by atoms with Gasteiger partial charge in [0.1, 0.15) is 19.1 Å². The van der Waals surface area contributed by atoms with Crippen molar-refractivity contribution in [1.29, 1.82) is 0 Å². The largest absolute Gasteiger partial charge is 0.486 e. The van der Waals surface area contributed by atoms with E-state index in [1.807, 2.05) is 23.1 Å². The number of carbonyl (C=O) groups is 1. The average Bonchev–Trinajstić information content (AvgIpc) is 2.95. The first kappa shape index (κ1) is 12.6. The van der Waals surface area contributed by atoms with Crippen molar-refractivity contribution < 1.29 is 14.3 Å². The molecule has 102 valence electrons. The second-order valence-corrected chi connectivity index (χ2v) is 5.05. The fourth-order valence-corrected chi connectivity index (χ4v) is 2.91. The van der Waals surface area contributed by atoms with E-state index in [1.165, 1.54) is 0 Å². The third kappa shape index (κ3) is 2.37. The van der Waals surface area contributed by atoms with Crippen molar-refractivity contribution in [1.82, 2.24) is 4.90 Å². The van der Waals surface area contributed by atoms with Gasteiger partial charge in [-0.05, 0) is 30.5 Å². The molecule has 1 aromatic rings. The molecule has 1 aromatic carbocycles. The fourth-order valence-electron chi connectivity index (χ4n) is 2.76. The van der Waals surface area contributed by atoms with E-state index in [0.29, 0.717) is 13.2 Å². The Hall–Kier alpha value is -1.42. The number of nitrogens with zero attached hydrogens (tertiary/aromatic N) is 1. The van der Waals surface area contributed by atoms with Gasteiger partial charge < -0.3 is 14.4 Å². The van der Waals surface area contributed by atoms with Gasteiger partial charge in [0, 0.05) is 6.54 Å². The smallest absolute Gasteiger partial charge is 0.238 e. The lowest BCUT2D eigenvalue weighted by Gasteiger charge is -2.26. The first-order chi connectivity index (χ1) is 9.29. The number of carbonyl (C=O) groups excluding carboxylic acids is 1. The summed E-state index contributed by atoms with van der Waals surface area (Å²) < 4.78 is 11.1. The van der Waals surface area contributed by atoms with Gasteiger partial charge in [-0.15, -0.1) is 11.6 Å². The fraction of sp³-hybridized carbons (Fsp3) is 0.500. The molecule has 1 fully saturated rings. The summed E-state index contributed by atoms with van der Waals surface area (Å²) in [6.45, 7) is 1.95. The zero-order valence-electron chi connectivity index (χ0n) is 10.6. The van der Waals surface area contributed by atoms with Crippen LogP contribution in [0.1, 0.15) is 24.4 Å². The van der Waals surface area contributed by atoms with Crippen molar-refractivity contribution in [3.8, 4) is 11.5 Å². The van der Waals surface area contributed by atoms with Crippen LogP contribution in [0.2, 0.25) is 0 Å². The Kier molecular flexibility index (Phi) is 3.51. The highest BCUT2D eigenvalue weighted by atomic mass is 35.5. The third-order valence-electron chi connectivity index (χ3n) is 3.64. The lowest BCUT2D eigenvalue weighted by Crippen LogP contribution is -2.31. The summed E-state index contributed by atoms with van der Waals surface area (Å²) >= 11 is 5.66. The zero-order chi connectivity index (χ0) is 13.2. The Balaban J connectivity index is 1.87. The minimum atomic E-state index is -0.000874. The molecule has 1 saturated heterocycles. The van der Waals surface area contributed by atoms with Gasteiger partial charge in [0.2, 0.25) is 5.91 Å². The summed E-state index contributed by atoms with van der Waals surface area (Å²) in [6.07, 6.45) is 1.99. The van der Waals surface area contributed by atoms with Crippen molar-refractivity contribution >= 4 is 17.5 Å². The molecule has 19 heavy (non-hydrogen) atoms. The van der Waals surface area contributed by atoms with Gasteiger partial charge in [-0.1, -0.05) is 6.07 Å². The van der Waals surface area contributed by atoms with Crippen molar-refractivity contribution in [2.75, 3.05) is 25.6 Å². The highest BCUT2D eigenvalue weighted by molar-refractivity contribution is 6.27. The number of alkyl halides is 1. The van der Waals surface area contributed by atoms with Crippen LogP contribution in [0.4, 0.5) is 0 Å². The van der Waals surface area contributed by atoms with E-state index in [4.69, 9.17) is 21.1 Å². The number of hydrogen-bond acceptors (Lipinski definition) is 3. The van der Waals surface area contributed by atoms with E-state index in [0.717, 1.165) is 36.4 Å². The molecular formula is C14H16ClNO3. The molecule has 4 nitrogen and oxygen atoms in total. The van der Waals surface area contributed by atoms with Crippen molar-refractivity contribution in [3.63, 3.8) is 0 Å². The third-order valence-corrected chi connectivity index (χ3v) is 3.87. The van der Waals surface area contributed by atoms with Gasteiger partial charge in [-0.2, -0.15) is 0 Å². The minimum absolute atomic E-state index is 0.000874. The number of amides is 1. The van der Waals surface area contributed by atoms with E-state index >= 15 is 0 Å². The molecular weight excluding hydrogens is 266 g/mol. The Labute approximate surface area is 117 Å². The van der Waals surface area contributed by atoms with Crippen LogP contribution in [-0.4, -0.2) is 36.4 Å². The second kappa shape index (κ2) is 5.29. The predicted octanol–water partition coefficient (Wildman–Crippen LogP) is 2.36.